The molecule has 0 bridgehead atoms. The van der Waals surface area contributed by atoms with Gasteiger partial charge in [-0.2, -0.15) is 13.2 Å². The van der Waals surface area contributed by atoms with Gasteiger partial charge in [-0.3, -0.25) is 0 Å². The van der Waals surface area contributed by atoms with Crippen molar-refractivity contribution < 1.29 is 17.6 Å². The Kier molecular flexibility index (Phi) is 3.61. The molecule has 1 rings (SSSR count). The van der Waals surface area contributed by atoms with Crippen LogP contribution in [0.5, 0.6) is 0 Å². The van der Waals surface area contributed by atoms with Crippen molar-refractivity contribution in [3.63, 3.8) is 0 Å². The fourth-order valence-electron chi connectivity index (χ4n) is 1.43. The van der Waals surface area contributed by atoms with Gasteiger partial charge in [-0.1, -0.05) is 26.8 Å². The first-order chi connectivity index (χ1) is 7.23. The average molecular weight is 234 g/mol. The molecule has 0 spiro atoms. The highest BCUT2D eigenvalue weighted by Gasteiger charge is 2.31. The van der Waals surface area contributed by atoms with Crippen molar-refractivity contribution >= 4 is 0 Å². The van der Waals surface area contributed by atoms with Crippen molar-refractivity contribution in [2.75, 3.05) is 0 Å². The third kappa shape index (κ3) is 2.74. The molecule has 0 N–H and O–H groups in total. The summed E-state index contributed by atoms with van der Waals surface area (Å²) in [5.74, 6) is -0.690. The third-order valence-corrected chi connectivity index (χ3v) is 2.82. The normalized spacial score (nSPS) is 14.2. The van der Waals surface area contributed by atoms with Crippen molar-refractivity contribution in [3.05, 3.63) is 35.1 Å². The van der Waals surface area contributed by atoms with Gasteiger partial charge >= 0.3 is 6.18 Å². The Morgan fingerprint density at radius 1 is 1.06 bits per heavy atom. The van der Waals surface area contributed by atoms with Crippen LogP contribution in [-0.2, 0) is 6.18 Å². The highest BCUT2D eigenvalue weighted by molar-refractivity contribution is 5.28. The molecule has 0 heterocycles. The third-order valence-electron chi connectivity index (χ3n) is 2.82. The molecule has 1 unspecified atom stereocenters. The van der Waals surface area contributed by atoms with E-state index in [0.717, 1.165) is 6.07 Å². The van der Waals surface area contributed by atoms with Gasteiger partial charge in [0.25, 0.3) is 0 Å². The molecule has 90 valence electrons. The summed E-state index contributed by atoms with van der Waals surface area (Å²) in [6.07, 6.45) is -4.49. The molecule has 4 heteroatoms. The van der Waals surface area contributed by atoms with Gasteiger partial charge in [0.15, 0.2) is 0 Å². The van der Waals surface area contributed by atoms with E-state index in [1.165, 1.54) is 6.07 Å². The summed E-state index contributed by atoms with van der Waals surface area (Å²) in [5.41, 5.74) is -0.604. The van der Waals surface area contributed by atoms with Crippen molar-refractivity contribution in [3.8, 4) is 0 Å². The van der Waals surface area contributed by atoms with Crippen molar-refractivity contribution in [1.29, 1.82) is 0 Å². The molecule has 0 aliphatic carbocycles. The molecule has 0 saturated heterocycles. The standard InChI is InChI=1S/C12H14F4/c1-7(2)8(3)10-5-4-9(6-11(10)13)12(14,15)16/h4-8H,1-3H3. The lowest BCUT2D eigenvalue weighted by Gasteiger charge is -2.17. The zero-order valence-electron chi connectivity index (χ0n) is 9.40. The van der Waals surface area contributed by atoms with Crippen LogP contribution < -0.4 is 0 Å². The lowest BCUT2D eigenvalue weighted by atomic mass is 9.89. The van der Waals surface area contributed by atoms with Gasteiger partial charge in [-0.15, -0.1) is 0 Å². The van der Waals surface area contributed by atoms with Crippen LogP contribution in [-0.4, -0.2) is 0 Å². The van der Waals surface area contributed by atoms with Crippen molar-refractivity contribution in [2.45, 2.75) is 32.9 Å². The Morgan fingerprint density at radius 3 is 2.00 bits per heavy atom. The molecule has 16 heavy (non-hydrogen) atoms. The summed E-state index contributed by atoms with van der Waals surface area (Å²) in [5, 5.41) is 0. The Labute approximate surface area is 92.3 Å². The summed E-state index contributed by atoms with van der Waals surface area (Å²) in [7, 11) is 0. The van der Waals surface area contributed by atoms with Crippen LogP contribution in [0.3, 0.4) is 0 Å². The summed E-state index contributed by atoms with van der Waals surface area (Å²) >= 11 is 0. The predicted molar refractivity (Wildman–Crippen MR) is 54.7 cm³/mol. The van der Waals surface area contributed by atoms with E-state index in [4.69, 9.17) is 0 Å². The fraction of sp³-hybridized carbons (Fsp3) is 0.500. The topological polar surface area (TPSA) is 0 Å². The average Bonchev–Trinajstić information content (AvgIpc) is 2.15. The highest BCUT2D eigenvalue weighted by atomic mass is 19.4. The van der Waals surface area contributed by atoms with Gasteiger partial charge in [-0.05, 0) is 29.5 Å². The zero-order valence-corrected chi connectivity index (χ0v) is 9.40. The van der Waals surface area contributed by atoms with Crippen LogP contribution in [0.2, 0.25) is 0 Å². The van der Waals surface area contributed by atoms with E-state index >= 15 is 0 Å². The number of rotatable bonds is 2. The second-order valence-corrected chi connectivity index (χ2v) is 4.27. The molecule has 0 aliphatic heterocycles. The van der Waals surface area contributed by atoms with E-state index in [1.807, 2.05) is 13.8 Å². The number of hydrogen-bond donors (Lipinski definition) is 0. The van der Waals surface area contributed by atoms with E-state index in [1.54, 1.807) is 6.92 Å². The minimum Gasteiger partial charge on any atom is -0.207 e. The minimum atomic E-state index is -4.49. The highest BCUT2D eigenvalue weighted by Crippen LogP contribution is 2.33. The maximum absolute atomic E-state index is 13.5. The first-order valence-electron chi connectivity index (χ1n) is 5.10. The first kappa shape index (κ1) is 13.0. The molecule has 0 fully saturated rings. The van der Waals surface area contributed by atoms with Crippen LogP contribution in [0, 0.1) is 11.7 Å². The van der Waals surface area contributed by atoms with Gasteiger partial charge in [0.1, 0.15) is 5.82 Å². The number of benzene rings is 1. The molecular formula is C12H14F4. The lowest BCUT2D eigenvalue weighted by Crippen LogP contribution is -2.09. The molecule has 0 nitrogen and oxygen atoms in total. The lowest BCUT2D eigenvalue weighted by molar-refractivity contribution is -0.137. The van der Waals surface area contributed by atoms with E-state index in [0.29, 0.717) is 11.6 Å². The Morgan fingerprint density at radius 2 is 1.62 bits per heavy atom. The summed E-state index contributed by atoms with van der Waals surface area (Å²) in [6, 6.07) is 2.72. The van der Waals surface area contributed by atoms with Crippen LogP contribution in [0.25, 0.3) is 0 Å². The Hall–Kier alpha value is -1.06. The zero-order chi connectivity index (χ0) is 12.5. The molecule has 0 radical (unpaired) electrons. The van der Waals surface area contributed by atoms with E-state index in [2.05, 4.69) is 0 Å². The van der Waals surface area contributed by atoms with Gasteiger partial charge in [0.2, 0.25) is 0 Å². The van der Waals surface area contributed by atoms with Gasteiger partial charge in [0, 0.05) is 0 Å². The van der Waals surface area contributed by atoms with Gasteiger partial charge in [-0.25, -0.2) is 4.39 Å². The molecule has 0 amide bonds. The molecule has 0 saturated carbocycles. The monoisotopic (exact) mass is 234 g/mol. The predicted octanol–water partition coefficient (Wildman–Crippen LogP) is 4.60. The molecule has 1 atom stereocenters. The SMILES string of the molecule is CC(C)C(C)c1ccc(C(F)(F)F)cc1F. The van der Waals surface area contributed by atoms with E-state index in [-0.39, 0.29) is 11.8 Å². The molecular weight excluding hydrogens is 220 g/mol. The summed E-state index contributed by atoms with van der Waals surface area (Å²) < 4.78 is 50.4. The summed E-state index contributed by atoms with van der Waals surface area (Å²) in [4.78, 5) is 0. The van der Waals surface area contributed by atoms with Crippen molar-refractivity contribution in [1.82, 2.24) is 0 Å². The largest absolute Gasteiger partial charge is 0.416 e. The molecule has 0 aliphatic rings. The van der Waals surface area contributed by atoms with Crippen LogP contribution in [0.4, 0.5) is 17.6 Å². The van der Waals surface area contributed by atoms with Crippen LogP contribution in [0.15, 0.2) is 18.2 Å². The number of hydrogen-bond acceptors (Lipinski definition) is 0. The maximum Gasteiger partial charge on any atom is 0.416 e. The first-order valence-corrected chi connectivity index (χ1v) is 5.10. The molecule has 0 aromatic heterocycles. The van der Waals surface area contributed by atoms with Gasteiger partial charge < -0.3 is 0 Å². The number of alkyl halides is 3. The second-order valence-electron chi connectivity index (χ2n) is 4.27. The number of halogens is 4. The fourth-order valence-corrected chi connectivity index (χ4v) is 1.43. The quantitative estimate of drug-likeness (QED) is 0.656. The smallest absolute Gasteiger partial charge is 0.207 e. The minimum absolute atomic E-state index is 0.0951. The van der Waals surface area contributed by atoms with Crippen LogP contribution >= 0.6 is 0 Å². The maximum atomic E-state index is 13.5. The van der Waals surface area contributed by atoms with Crippen molar-refractivity contribution in [2.24, 2.45) is 5.92 Å². The van der Waals surface area contributed by atoms with Gasteiger partial charge in [0.05, 0.1) is 5.56 Å². The summed E-state index contributed by atoms with van der Waals surface area (Å²) in [6.45, 7) is 5.61. The van der Waals surface area contributed by atoms with E-state index < -0.39 is 17.6 Å². The van der Waals surface area contributed by atoms with Crippen LogP contribution in [0.1, 0.15) is 37.8 Å². The molecule has 1 aromatic rings. The Balaban J connectivity index is 3.10. The Bertz CT molecular complexity index is 366. The molecule has 1 aromatic carbocycles. The van der Waals surface area contributed by atoms with E-state index in [9.17, 15) is 17.6 Å². The second kappa shape index (κ2) is 4.44.